The van der Waals surface area contributed by atoms with Gasteiger partial charge in [0.1, 0.15) is 19.3 Å². The van der Waals surface area contributed by atoms with Crippen molar-refractivity contribution in [3.63, 3.8) is 0 Å². The summed E-state index contributed by atoms with van der Waals surface area (Å²) in [4.78, 5) is 25.0. The molecule has 0 saturated heterocycles. The highest BCUT2D eigenvalue weighted by molar-refractivity contribution is 7.45. The maximum atomic E-state index is 12.6. The highest BCUT2D eigenvalue weighted by atomic mass is 31.2. The predicted molar refractivity (Wildman–Crippen MR) is 208 cm³/mol. The SMILES string of the molecule is CC/C=C\C/C=C\C/C=C\CCCCCCCC(=O)OC(COCCCCCCCCCCCCCCC)COP(=O)([O-])OCC[N+](C)(C)C. The Balaban J connectivity index is 4.30. The summed E-state index contributed by atoms with van der Waals surface area (Å²) >= 11 is 0. The third-order valence-corrected chi connectivity index (χ3v) is 9.42. The summed E-state index contributed by atoms with van der Waals surface area (Å²) in [5, 5.41) is 0. The van der Waals surface area contributed by atoms with Crippen LogP contribution in [0.15, 0.2) is 36.5 Å². The molecule has 0 rings (SSSR count). The van der Waals surface area contributed by atoms with Crippen LogP contribution in [0.5, 0.6) is 0 Å². The number of phosphoric ester groups is 1. The topological polar surface area (TPSA) is 94.1 Å². The van der Waals surface area contributed by atoms with Crippen LogP contribution in [0.2, 0.25) is 0 Å². The molecular formula is C41H78NO7P. The summed E-state index contributed by atoms with van der Waals surface area (Å²) in [5.41, 5.74) is 0. The smallest absolute Gasteiger partial charge is 0.306 e. The molecule has 0 bridgehead atoms. The molecule has 50 heavy (non-hydrogen) atoms. The van der Waals surface area contributed by atoms with Crippen molar-refractivity contribution in [2.75, 3.05) is 54.1 Å². The average molecular weight is 728 g/mol. The highest BCUT2D eigenvalue weighted by Crippen LogP contribution is 2.38. The molecular weight excluding hydrogens is 649 g/mol. The van der Waals surface area contributed by atoms with Crippen molar-refractivity contribution in [1.29, 1.82) is 0 Å². The lowest BCUT2D eigenvalue weighted by Crippen LogP contribution is -2.37. The van der Waals surface area contributed by atoms with Gasteiger partial charge in [0.25, 0.3) is 7.82 Å². The van der Waals surface area contributed by atoms with E-state index in [2.05, 4.69) is 50.3 Å². The Hall–Kier alpha value is -1.28. The Morgan fingerprint density at radius 2 is 1.16 bits per heavy atom. The standard InChI is InChI=1S/C41H78NO7P/c1-6-8-10-12-14-16-18-20-21-22-24-26-28-30-32-34-41(43)49-40(39-48-50(44,45)47-37-35-42(3,4)5)38-46-36-33-31-29-27-25-23-19-17-15-13-11-9-7-2/h8,10,14,16,20-21,40H,6-7,9,11-13,15,17-19,22-39H2,1-5H3/b10-8-,16-14-,21-20-. The summed E-state index contributed by atoms with van der Waals surface area (Å²) in [6.07, 6.45) is 38.6. The first-order valence-electron chi connectivity index (χ1n) is 20.2. The molecule has 0 aliphatic rings. The molecule has 0 spiro atoms. The second-order valence-corrected chi connectivity index (χ2v) is 16.0. The molecule has 0 fully saturated rings. The number of carbonyl (C=O) groups excluding carboxylic acids is 1. The number of phosphoric acid groups is 1. The molecule has 8 nitrogen and oxygen atoms in total. The van der Waals surface area contributed by atoms with Gasteiger partial charge in [-0.1, -0.05) is 147 Å². The van der Waals surface area contributed by atoms with E-state index in [1.54, 1.807) is 0 Å². The quantitative estimate of drug-likeness (QED) is 0.0207. The van der Waals surface area contributed by atoms with E-state index in [0.717, 1.165) is 70.6 Å². The van der Waals surface area contributed by atoms with Crippen LogP contribution in [-0.4, -0.2) is 70.7 Å². The fourth-order valence-electron chi connectivity index (χ4n) is 5.32. The van der Waals surface area contributed by atoms with Crippen molar-refractivity contribution in [3.05, 3.63) is 36.5 Å². The number of likely N-dealkylation sites (N-methyl/N-ethyl adjacent to an activating group) is 1. The number of quaternary nitrogens is 1. The number of unbranched alkanes of at least 4 members (excludes halogenated alkanes) is 17. The van der Waals surface area contributed by atoms with E-state index in [0.29, 0.717) is 24.1 Å². The van der Waals surface area contributed by atoms with Crippen LogP contribution in [0.25, 0.3) is 0 Å². The van der Waals surface area contributed by atoms with Gasteiger partial charge in [-0.05, 0) is 44.9 Å². The van der Waals surface area contributed by atoms with Crippen molar-refractivity contribution >= 4 is 13.8 Å². The van der Waals surface area contributed by atoms with Crippen molar-refractivity contribution in [1.82, 2.24) is 0 Å². The number of rotatable bonds is 37. The highest BCUT2D eigenvalue weighted by Gasteiger charge is 2.20. The molecule has 0 radical (unpaired) electrons. The van der Waals surface area contributed by atoms with Crippen LogP contribution < -0.4 is 4.89 Å². The Labute approximate surface area is 308 Å². The van der Waals surface area contributed by atoms with Crippen molar-refractivity contribution in [3.8, 4) is 0 Å². The van der Waals surface area contributed by atoms with Gasteiger partial charge in [-0.2, -0.15) is 0 Å². The monoisotopic (exact) mass is 728 g/mol. The predicted octanol–water partition coefficient (Wildman–Crippen LogP) is 10.8. The van der Waals surface area contributed by atoms with Gasteiger partial charge in [0.2, 0.25) is 0 Å². The van der Waals surface area contributed by atoms with Crippen molar-refractivity contribution in [2.45, 2.75) is 168 Å². The van der Waals surface area contributed by atoms with Gasteiger partial charge in [-0.15, -0.1) is 0 Å². The summed E-state index contributed by atoms with van der Waals surface area (Å²) in [6, 6.07) is 0. The van der Waals surface area contributed by atoms with Crippen molar-refractivity contribution < 1.29 is 37.3 Å². The van der Waals surface area contributed by atoms with E-state index < -0.39 is 13.9 Å². The summed E-state index contributed by atoms with van der Waals surface area (Å²) in [6.45, 7) is 5.28. The Bertz CT molecular complexity index is 900. The number of hydrogen-bond acceptors (Lipinski definition) is 7. The number of allylic oxidation sites excluding steroid dienone is 6. The molecule has 0 amide bonds. The largest absolute Gasteiger partial charge is 0.756 e. The fourth-order valence-corrected chi connectivity index (χ4v) is 6.05. The molecule has 0 aromatic heterocycles. The van der Waals surface area contributed by atoms with Gasteiger partial charge < -0.3 is 27.9 Å². The van der Waals surface area contributed by atoms with Crippen LogP contribution >= 0.6 is 7.82 Å². The van der Waals surface area contributed by atoms with Crippen LogP contribution in [0.3, 0.4) is 0 Å². The lowest BCUT2D eigenvalue weighted by molar-refractivity contribution is -0.870. The molecule has 0 N–H and O–H groups in total. The third-order valence-electron chi connectivity index (χ3n) is 8.46. The van der Waals surface area contributed by atoms with E-state index in [9.17, 15) is 14.3 Å². The van der Waals surface area contributed by atoms with Crippen LogP contribution in [-0.2, 0) is 27.9 Å². The zero-order valence-corrected chi connectivity index (χ0v) is 34.0. The molecule has 0 aromatic carbocycles. The van der Waals surface area contributed by atoms with Gasteiger partial charge in [-0.3, -0.25) is 9.36 Å². The Morgan fingerprint density at radius 3 is 1.74 bits per heavy atom. The fraction of sp³-hybridized carbons (Fsp3) is 0.829. The van der Waals surface area contributed by atoms with E-state index >= 15 is 0 Å². The Morgan fingerprint density at radius 1 is 0.640 bits per heavy atom. The van der Waals surface area contributed by atoms with Gasteiger partial charge in [0.15, 0.2) is 0 Å². The minimum atomic E-state index is -4.52. The Kier molecular flexibility index (Phi) is 33.9. The van der Waals surface area contributed by atoms with E-state index in [-0.39, 0.29) is 25.8 Å². The maximum absolute atomic E-state index is 12.6. The second-order valence-electron chi connectivity index (χ2n) is 14.6. The number of carbonyl (C=O) groups is 1. The number of hydrogen-bond donors (Lipinski definition) is 0. The molecule has 0 aliphatic carbocycles. The summed E-state index contributed by atoms with van der Waals surface area (Å²) in [7, 11) is 1.34. The second kappa shape index (κ2) is 34.8. The molecule has 294 valence electrons. The lowest BCUT2D eigenvalue weighted by Gasteiger charge is -2.28. The molecule has 0 saturated carbocycles. The van der Waals surface area contributed by atoms with Gasteiger partial charge in [-0.25, -0.2) is 0 Å². The summed E-state index contributed by atoms with van der Waals surface area (Å²) in [5.74, 6) is -0.351. The number of nitrogens with zero attached hydrogens (tertiary/aromatic N) is 1. The first-order valence-corrected chi connectivity index (χ1v) is 21.7. The van der Waals surface area contributed by atoms with Crippen LogP contribution in [0, 0.1) is 0 Å². The van der Waals surface area contributed by atoms with Gasteiger partial charge in [0, 0.05) is 13.0 Å². The van der Waals surface area contributed by atoms with E-state index in [1.165, 1.54) is 70.6 Å². The lowest BCUT2D eigenvalue weighted by atomic mass is 10.0. The molecule has 0 heterocycles. The van der Waals surface area contributed by atoms with Crippen LogP contribution in [0.4, 0.5) is 0 Å². The minimum absolute atomic E-state index is 0.0229. The minimum Gasteiger partial charge on any atom is -0.756 e. The first-order chi connectivity index (χ1) is 24.1. The first kappa shape index (κ1) is 48.7. The molecule has 0 aromatic rings. The molecule has 9 heteroatoms. The third kappa shape index (κ3) is 38.0. The van der Waals surface area contributed by atoms with Gasteiger partial charge in [0.05, 0.1) is 34.4 Å². The van der Waals surface area contributed by atoms with Crippen molar-refractivity contribution in [2.24, 2.45) is 0 Å². The molecule has 2 atom stereocenters. The average Bonchev–Trinajstić information content (AvgIpc) is 3.06. The number of esters is 1. The summed E-state index contributed by atoms with van der Waals surface area (Å²) < 4.78 is 34.5. The zero-order chi connectivity index (χ0) is 37.0. The molecule has 2 unspecified atom stereocenters. The van der Waals surface area contributed by atoms with E-state index in [4.69, 9.17) is 18.5 Å². The van der Waals surface area contributed by atoms with Gasteiger partial charge >= 0.3 is 5.97 Å². The normalized spacial score (nSPS) is 14.3. The molecule has 0 aliphatic heterocycles. The maximum Gasteiger partial charge on any atom is 0.306 e. The van der Waals surface area contributed by atoms with Crippen LogP contribution in [0.1, 0.15) is 162 Å². The van der Waals surface area contributed by atoms with E-state index in [1.807, 2.05) is 21.1 Å². The number of ether oxygens (including phenoxy) is 2. The zero-order valence-electron chi connectivity index (χ0n) is 33.1.